The maximum atomic E-state index is 8.23. The summed E-state index contributed by atoms with van der Waals surface area (Å²) in [5, 5.41) is 0. The van der Waals surface area contributed by atoms with E-state index in [1.54, 1.807) is 0 Å². The third kappa shape index (κ3) is 3.72. The van der Waals surface area contributed by atoms with Gasteiger partial charge >= 0.3 is 0 Å². The fourth-order valence-electron chi connectivity index (χ4n) is 3.66. The van der Waals surface area contributed by atoms with E-state index < -0.39 is 14.1 Å². The summed E-state index contributed by atoms with van der Waals surface area (Å²) in [6, 6.07) is 0.564. The van der Waals surface area contributed by atoms with E-state index in [2.05, 4.69) is 44.1 Å². The maximum absolute atomic E-state index is 8.23. The van der Waals surface area contributed by atoms with Crippen LogP contribution in [0.4, 0.5) is 0 Å². The van der Waals surface area contributed by atoms with Gasteiger partial charge in [-0.3, -0.25) is 0 Å². The van der Waals surface area contributed by atoms with Crippen molar-refractivity contribution in [3.05, 3.63) is 11.4 Å². The first kappa shape index (κ1) is 17.6. The molecule has 0 aromatic heterocycles. The molecule has 6 heteroatoms. The molecule has 3 unspecified atom stereocenters. The first-order valence-corrected chi connectivity index (χ1v) is 9.69. The lowest BCUT2D eigenvalue weighted by molar-refractivity contribution is -0.104. The highest BCUT2D eigenvalue weighted by Gasteiger charge is 2.65. The van der Waals surface area contributed by atoms with Crippen LogP contribution in [0.15, 0.2) is 0 Å². The molecule has 1 aliphatic carbocycles. The summed E-state index contributed by atoms with van der Waals surface area (Å²) in [5.74, 6) is 0.341. The molecule has 6 atom stereocenters. The third-order valence-corrected chi connectivity index (χ3v) is 6.89. The summed E-state index contributed by atoms with van der Waals surface area (Å²) in [6.07, 6.45) is 0.627. The summed E-state index contributed by atoms with van der Waals surface area (Å²) < 4.78 is 29.0. The first-order chi connectivity index (χ1) is 11.2. The molecule has 2 bridgehead atoms. The van der Waals surface area contributed by atoms with Gasteiger partial charge in [-0.1, -0.05) is 6.92 Å². The van der Waals surface area contributed by atoms with E-state index in [-0.39, 0.29) is 30.7 Å². The molecule has 3 fully saturated rings. The lowest BCUT2D eigenvalue weighted by Crippen LogP contribution is -2.53. The SMILES string of the molecule is [2H][C@H](C)C12CC([C@H](C)O1)[C@@H]2OP(OCC[N+]#[C-])N(C(C)C)C(C)C. The Bertz CT molecular complexity index is 463. The van der Waals surface area contributed by atoms with Gasteiger partial charge in [0.15, 0.2) is 0 Å². The van der Waals surface area contributed by atoms with Crippen LogP contribution in [-0.2, 0) is 13.8 Å². The van der Waals surface area contributed by atoms with Gasteiger partial charge in [-0.25, -0.2) is 11.2 Å². The number of fused-ring (bicyclic) bond motifs is 1. The Balaban J connectivity index is 2.14. The van der Waals surface area contributed by atoms with E-state index in [0.717, 1.165) is 6.42 Å². The van der Waals surface area contributed by atoms with Crippen molar-refractivity contribution in [1.29, 1.82) is 0 Å². The lowest BCUT2D eigenvalue weighted by Gasteiger charge is -2.47. The zero-order valence-electron chi connectivity index (χ0n) is 16.2. The molecule has 0 aromatic rings. The van der Waals surface area contributed by atoms with Gasteiger partial charge in [-0.2, -0.15) is 0 Å². The van der Waals surface area contributed by atoms with Gasteiger partial charge in [0.25, 0.3) is 8.53 Å². The van der Waals surface area contributed by atoms with E-state index in [4.69, 9.17) is 21.7 Å². The summed E-state index contributed by atoms with van der Waals surface area (Å²) in [5.41, 5.74) is -0.493. The smallest absolute Gasteiger partial charge is 0.259 e. The molecular formula is C17H31N2O3P. The molecule has 2 heterocycles. The summed E-state index contributed by atoms with van der Waals surface area (Å²) in [6.45, 7) is 20.2. The first-order valence-electron chi connectivity index (χ1n) is 9.13. The van der Waals surface area contributed by atoms with Crippen LogP contribution in [0.2, 0.25) is 0 Å². The summed E-state index contributed by atoms with van der Waals surface area (Å²) in [4.78, 5) is 3.37. The fourth-order valence-corrected chi connectivity index (χ4v) is 5.48. The maximum Gasteiger partial charge on any atom is 0.259 e. The number of nitrogens with zero attached hydrogens (tertiary/aromatic N) is 2. The average Bonchev–Trinajstić information content (AvgIpc) is 2.95. The van der Waals surface area contributed by atoms with Crippen LogP contribution < -0.4 is 0 Å². The van der Waals surface area contributed by atoms with Crippen molar-refractivity contribution < 1.29 is 15.2 Å². The van der Waals surface area contributed by atoms with E-state index in [1.807, 2.05) is 6.92 Å². The second kappa shape index (κ2) is 7.76. The highest BCUT2D eigenvalue weighted by Crippen LogP contribution is 2.60. The molecule has 0 radical (unpaired) electrons. The van der Waals surface area contributed by atoms with Gasteiger partial charge < -0.3 is 18.6 Å². The largest absolute Gasteiger partial charge is 0.369 e. The van der Waals surface area contributed by atoms with Crippen LogP contribution in [0.25, 0.3) is 4.85 Å². The minimum absolute atomic E-state index is 0.0842. The molecule has 0 aromatic carbocycles. The van der Waals surface area contributed by atoms with Crippen molar-refractivity contribution >= 4 is 8.53 Å². The zero-order valence-corrected chi connectivity index (χ0v) is 16.0. The standard InChI is InChI=1S/C17H31N2O3P/c1-8-17-11-15(14(6)21-17)16(17)22-23(20-10-9-18-7)19(12(2)3)13(4)5/h12-16H,8-11H2,1-6H3/t14-,15?,16-,17?,23?/m0/s1/i8D/t8-,14+,15?,16+,17?,23?/m1. The molecule has 2 aliphatic heterocycles. The van der Waals surface area contributed by atoms with Crippen LogP contribution in [0.5, 0.6) is 0 Å². The predicted molar refractivity (Wildman–Crippen MR) is 93.0 cm³/mol. The quantitative estimate of drug-likeness (QED) is 0.356. The highest BCUT2D eigenvalue weighted by atomic mass is 31.2. The number of hydrogen-bond donors (Lipinski definition) is 0. The van der Waals surface area contributed by atoms with Crippen molar-refractivity contribution in [2.45, 2.75) is 84.3 Å². The summed E-state index contributed by atoms with van der Waals surface area (Å²) >= 11 is 0. The Morgan fingerprint density at radius 1 is 1.43 bits per heavy atom. The average molecular weight is 343 g/mol. The summed E-state index contributed by atoms with van der Waals surface area (Å²) in [7, 11) is -1.27. The molecule has 0 amide bonds. The van der Waals surface area contributed by atoms with Gasteiger partial charge in [0, 0.05) is 19.4 Å². The number of rotatable bonds is 9. The minimum atomic E-state index is -1.27. The molecule has 2 saturated heterocycles. The van der Waals surface area contributed by atoms with Gasteiger partial charge in [0.2, 0.25) is 6.54 Å². The number of ether oxygens (including phenoxy) is 1. The Labute approximate surface area is 143 Å². The number of hydrogen-bond acceptors (Lipinski definition) is 4. The lowest BCUT2D eigenvalue weighted by atomic mass is 9.68. The normalized spacial score (nSPS) is 36.0. The Morgan fingerprint density at radius 2 is 2.09 bits per heavy atom. The second-order valence-electron chi connectivity index (χ2n) is 6.98. The van der Waals surface area contributed by atoms with Gasteiger partial charge in [0.1, 0.15) is 6.61 Å². The molecular weight excluding hydrogens is 311 g/mol. The van der Waals surface area contributed by atoms with Gasteiger partial charge in [0.05, 0.1) is 17.8 Å². The topological polar surface area (TPSA) is 35.3 Å². The Hall–Kier alpha value is -0.240. The van der Waals surface area contributed by atoms with Crippen molar-refractivity contribution in [2.75, 3.05) is 13.2 Å². The van der Waals surface area contributed by atoms with Crippen molar-refractivity contribution in [3.63, 3.8) is 0 Å². The predicted octanol–water partition coefficient (Wildman–Crippen LogP) is 4.24. The van der Waals surface area contributed by atoms with Crippen molar-refractivity contribution in [3.8, 4) is 0 Å². The molecule has 0 spiro atoms. The van der Waals surface area contributed by atoms with E-state index in [0.29, 0.717) is 19.1 Å². The van der Waals surface area contributed by atoms with E-state index in [1.165, 1.54) is 0 Å². The molecule has 0 N–H and O–H groups in total. The van der Waals surface area contributed by atoms with Crippen LogP contribution in [-0.4, -0.2) is 47.7 Å². The molecule has 3 aliphatic rings. The molecule has 132 valence electrons. The Kier molecular flexibility index (Phi) is 5.93. The Morgan fingerprint density at radius 3 is 2.57 bits per heavy atom. The molecule has 23 heavy (non-hydrogen) atoms. The van der Waals surface area contributed by atoms with Crippen LogP contribution in [0.3, 0.4) is 0 Å². The third-order valence-electron chi connectivity index (χ3n) is 4.78. The molecule has 1 saturated carbocycles. The monoisotopic (exact) mass is 343 g/mol. The fraction of sp³-hybridized carbons (Fsp3) is 0.941. The van der Waals surface area contributed by atoms with E-state index >= 15 is 0 Å². The van der Waals surface area contributed by atoms with Crippen molar-refractivity contribution in [2.24, 2.45) is 5.92 Å². The van der Waals surface area contributed by atoms with Gasteiger partial charge in [-0.15, -0.1) is 0 Å². The zero-order chi connectivity index (χ0) is 18.1. The molecule has 3 rings (SSSR count). The molecule has 5 nitrogen and oxygen atoms in total. The van der Waals surface area contributed by atoms with Crippen molar-refractivity contribution in [1.82, 2.24) is 4.67 Å². The van der Waals surface area contributed by atoms with Gasteiger partial charge in [-0.05, 0) is 47.4 Å². The van der Waals surface area contributed by atoms with E-state index in [9.17, 15) is 0 Å². The van der Waals surface area contributed by atoms with Crippen LogP contribution in [0.1, 0.15) is 55.7 Å². The second-order valence-corrected chi connectivity index (χ2v) is 8.39. The van der Waals surface area contributed by atoms with Crippen LogP contribution in [0, 0.1) is 12.5 Å². The minimum Gasteiger partial charge on any atom is -0.369 e. The highest BCUT2D eigenvalue weighted by molar-refractivity contribution is 7.44. The van der Waals surface area contributed by atoms with Crippen LogP contribution >= 0.6 is 8.53 Å².